The van der Waals surface area contributed by atoms with Crippen LogP contribution in [0.3, 0.4) is 0 Å². The highest BCUT2D eigenvalue weighted by Gasteiger charge is 2.31. The molecule has 2 aliphatic heterocycles. The molecule has 3 N–H and O–H groups in total. The highest BCUT2D eigenvalue weighted by atomic mass is 16.3. The summed E-state index contributed by atoms with van der Waals surface area (Å²) in [6, 6.07) is 0.222. The summed E-state index contributed by atoms with van der Waals surface area (Å²) < 4.78 is 0. The minimum absolute atomic E-state index is 0.222. The molecule has 10 heavy (non-hydrogen) atoms. The van der Waals surface area contributed by atoms with Crippen LogP contribution in [0.1, 0.15) is 0 Å². The summed E-state index contributed by atoms with van der Waals surface area (Å²) in [5.41, 5.74) is 1.35. The molecule has 0 spiro atoms. The van der Waals surface area contributed by atoms with Crippen molar-refractivity contribution in [3.05, 3.63) is 11.8 Å². The molecular formula is C7H12N2O. The third-order valence-corrected chi connectivity index (χ3v) is 2.30. The van der Waals surface area contributed by atoms with E-state index >= 15 is 0 Å². The van der Waals surface area contributed by atoms with E-state index < -0.39 is 0 Å². The van der Waals surface area contributed by atoms with Crippen molar-refractivity contribution >= 4 is 0 Å². The second kappa shape index (κ2) is 2.25. The first-order valence-corrected chi connectivity index (χ1v) is 3.69. The Morgan fingerprint density at radius 1 is 1.60 bits per heavy atom. The van der Waals surface area contributed by atoms with Crippen molar-refractivity contribution in [1.29, 1.82) is 0 Å². The fraction of sp³-hybridized carbons (Fsp3) is 0.714. The summed E-state index contributed by atoms with van der Waals surface area (Å²) in [4.78, 5) is 0. The predicted molar refractivity (Wildman–Crippen MR) is 38.5 cm³/mol. The summed E-state index contributed by atoms with van der Waals surface area (Å²) >= 11 is 0. The molecule has 2 unspecified atom stereocenters. The van der Waals surface area contributed by atoms with E-state index in [9.17, 15) is 0 Å². The van der Waals surface area contributed by atoms with Gasteiger partial charge in [-0.3, -0.25) is 0 Å². The van der Waals surface area contributed by atoms with E-state index in [1.165, 1.54) is 5.57 Å². The van der Waals surface area contributed by atoms with E-state index in [1.807, 2.05) is 6.20 Å². The van der Waals surface area contributed by atoms with Crippen LogP contribution in [-0.4, -0.2) is 30.8 Å². The predicted octanol–water partition coefficient (Wildman–Crippen LogP) is -0.946. The van der Waals surface area contributed by atoms with Crippen molar-refractivity contribution in [2.45, 2.75) is 6.04 Å². The van der Waals surface area contributed by atoms with Crippen LogP contribution in [0.2, 0.25) is 0 Å². The molecule has 2 atom stereocenters. The average molecular weight is 140 g/mol. The monoisotopic (exact) mass is 140 g/mol. The van der Waals surface area contributed by atoms with E-state index in [2.05, 4.69) is 10.6 Å². The average Bonchev–Trinajstić information content (AvgIpc) is 2.44. The van der Waals surface area contributed by atoms with Crippen LogP contribution >= 0.6 is 0 Å². The first kappa shape index (κ1) is 6.19. The van der Waals surface area contributed by atoms with E-state index in [-0.39, 0.29) is 12.6 Å². The van der Waals surface area contributed by atoms with Crippen LogP contribution in [0.15, 0.2) is 11.8 Å². The Bertz CT molecular complexity index is 167. The van der Waals surface area contributed by atoms with Crippen LogP contribution in [0.5, 0.6) is 0 Å². The minimum Gasteiger partial charge on any atom is -0.394 e. The van der Waals surface area contributed by atoms with Gasteiger partial charge in [-0.2, -0.15) is 0 Å². The molecule has 0 radical (unpaired) electrons. The van der Waals surface area contributed by atoms with Gasteiger partial charge in [-0.15, -0.1) is 0 Å². The molecule has 3 nitrogen and oxygen atoms in total. The molecular weight excluding hydrogens is 128 g/mol. The van der Waals surface area contributed by atoms with Crippen LogP contribution in [-0.2, 0) is 0 Å². The number of aliphatic hydroxyl groups excluding tert-OH is 1. The molecule has 0 amide bonds. The molecule has 0 bridgehead atoms. The molecule has 56 valence electrons. The largest absolute Gasteiger partial charge is 0.394 e. The second-order valence-electron chi connectivity index (χ2n) is 2.89. The highest BCUT2D eigenvalue weighted by molar-refractivity contribution is 5.23. The standard InChI is InChI=1S/C7H12N2O/c10-4-7-6-3-8-1-5(6)2-9-7/h3,5,7-10H,1-2,4H2. The molecule has 0 saturated carbocycles. The Labute approximate surface area is 60.1 Å². The summed E-state index contributed by atoms with van der Waals surface area (Å²) in [6.45, 7) is 2.28. The van der Waals surface area contributed by atoms with Crippen LogP contribution < -0.4 is 10.6 Å². The maximum atomic E-state index is 8.88. The number of hydrogen-bond donors (Lipinski definition) is 3. The van der Waals surface area contributed by atoms with Gasteiger partial charge in [0.15, 0.2) is 0 Å². The van der Waals surface area contributed by atoms with Crippen molar-refractivity contribution in [1.82, 2.24) is 10.6 Å². The number of aliphatic hydroxyl groups is 1. The van der Waals surface area contributed by atoms with Gasteiger partial charge in [0.05, 0.1) is 12.6 Å². The Balaban J connectivity index is 2.14. The van der Waals surface area contributed by atoms with Gasteiger partial charge in [-0.25, -0.2) is 0 Å². The second-order valence-corrected chi connectivity index (χ2v) is 2.89. The van der Waals surface area contributed by atoms with Gasteiger partial charge in [-0.1, -0.05) is 0 Å². The summed E-state index contributed by atoms with van der Waals surface area (Å²) in [6.07, 6.45) is 2.03. The van der Waals surface area contributed by atoms with Crippen LogP contribution in [0.4, 0.5) is 0 Å². The molecule has 0 aromatic carbocycles. The van der Waals surface area contributed by atoms with Gasteiger partial charge < -0.3 is 15.7 Å². The molecule has 0 aromatic rings. The van der Waals surface area contributed by atoms with Crippen LogP contribution in [0, 0.1) is 5.92 Å². The Morgan fingerprint density at radius 2 is 2.50 bits per heavy atom. The first-order chi connectivity index (χ1) is 4.92. The van der Waals surface area contributed by atoms with Gasteiger partial charge in [0.2, 0.25) is 0 Å². The maximum Gasteiger partial charge on any atom is 0.0624 e. The molecule has 0 aliphatic carbocycles. The van der Waals surface area contributed by atoms with Gasteiger partial charge in [0.25, 0.3) is 0 Å². The van der Waals surface area contributed by atoms with Crippen LogP contribution in [0.25, 0.3) is 0 Å². The number of nitrogens with one attached hydrogen (secondary N) is 2. The third kappa shape index (κ3) is 0.744. The molecule has 2 heterocycles. The Morgan fingerprint density at radius 3 is 3.30 bits per heavy atom. The lowest BCUT2D eigenvalue weighted by atomic mass is 10.0. The fourth-order valence-electron chi connectivity index (χ4n) is 1.70. The van der Waals surface area contributed by atoms with Gasteiger partial charge in [0, 0.05) is 19.0 Å². The number of hydrogen-bond acceptors (Lipinski definition) is 3. The smallest absolute Gasteiger partial charge is 0.0624 e. The number of rotatable bonds is 1. The summed E-state index contributed by atoms with van der Waals surface area (Å²) in [7, 11) is 0. The van der Waals surface area contributed by atoms with Gasteiger partial charge >= 0.3 is 0 Å². The van der Waals surface area contributed by atoms with Crippen molar-refractivity contribution in [2.75, 3.05) is 19.7 Å². The molecule has 2 aliphatic rings. The minimum atomic E-state index is 0.222. The lowest BCUT2D eigenvalue weighted by Crippen LogP contribution is -2.27. The quantitative estimate of drug-likeness (QED) is 0.440. The number of fused-ring (bicyclic) bond motifs is 1. The Kier molecular flexibility index (Phi) is 1.39. The summed E-state index contributed by atoms with van der Waals surface area (Å²) in [5, 5.41) is 15.3. The van der Waals surface area contributed by atoms with E-state index in [0.717, 1.165) is 13.1 Å². The Hall–Kier alpha value is -0.540. The van der Waals surface area contributed by atoms with Crippen molar-refractivity contribution in [2.24, 2.45) is 5.92 Å². The third-order valence-electron chi connectivity index (χ3n) is 2.30. The highest BCUT2D eigenvalue weighted by Crippen LogP contribution is 2.23. The summed E-state index contributed by atoms with van der Waals surface area (Å²) in [5.74, 6) is 0.636. The zero-order valence-corrected chi connectivity index (χ0v) is 5.80. The SMILES string of the molecule is OCC1NCC2CNC=C21. The lowest BCUT2D eigenvalue weighted by molar-refractivity contribution is 0.269. The molecule has 3 heteroatoms. The maximum absolute atomic E-state index is 8.88. The molecule has 0 aromatic heterocycles. The lowest BCUT2D eigenvalue weighted by Gasteiger charge is -2.05. The van der Waals surface area contributed by atoms with Gasteiger partial charge in [0.1, 0.15) is 0 Å². The van der Waals surface area contributed by atoms with Gasteiger partial charge in [-0.05, 0) is 11.8 Å². The normalized spacial score (nSPS) is 37.1. The topological polar surface area (TPSA) is 44.3 Å². The molecule has 1 saturated heterocycles. The molecule has 2 rings (SSSR count). The van der Waals surface area contributed by atoms with E-state index in [1.54, 1.807) is 0 Å². The van der Waals surface area contributed by atoms with Crippen molar-refractivity contribution < 1.29 is 5.11 Å². The van der Waals surface area contributed by atoms with E-state index in [4.69, 9.17) is 5.11 Å². The van der Waals surface area contributed by atoms with E-state index in [0.29, 0.717) is 5.92 Å². The zero-order valence-electron chi connectivity index (χ0n) is 5.80. The van der Waals surface area contributed by atoms with Crippen molar-refractivity contribution in [3.8, 4) is 0 Å². The molecule has 1 fully saturated rings. The first-order valence-electron chi connectivity index (χ1n) is 3.69. The van der Waals surface area contributed by atoms with Crippen molar-refractivity contribution in [3.63, 3.8) is 0 Å². The fourth-order valence-corrected chi connectivity index (χ4v) is 1.70. The zero-order chi connectivity index (χ0) is 6.97.